The fourth-order valence-electron chi connectivity index (χ4n) is 2.42. The van der Waals surface area contributed by atoms with Gasteiger partial charge in [0.05, 0.1) is 12.0 Å². The van der Waals surface area contributed by atoms with Gasteiger partial charge in [-0.25, -0.2) is 0 Å². The normalized spacial score (nSPS) is 10.9. The molecular formula is C20H19F3N2O4. The van der Waals surface area contributed by atoms with Gasteiger partial charge in [0.25, 0.3) is 11.8 Å². The largest absolute Gasteiger partial charge is 0.455 e. The molecule has 2 N–H and O–H groups in total. The zero-order valence-electron chi connectivity index (χ0n) is 15.5. The number of halogens is 3. The predicted molar refractivity (Wildman–Crippen MR) is 99.2 cm³/mol. The lowest BCUT2D eigenvalue weighted by Crippen LogP contribution is -2.24. The molecule has 2 amide bonds. The molecule has 2 rings (SSSR count). The Kier molecular flexibility index (Phi) is 7.35. The highest BCUT2D eigenvalue weighted by molar-refractivity contribution is 5.97. The van der Waals surface area contributed by atoms with E-state index in [4.69, 9.17) is 4.74 Å². The predicted octanol–water partition coefficient (Wildman–Crippen LogP) is 3.18. The fourth-order valence-corrected chi connectivity index (χ4v) is 2.42. The SMILES string of the molecule is CCNC(=O)c1cccc(NC(=O)COC(=O)Cc2cccc(C(F)(F)F)c2)c1. The minimum Gasteiger partial charge on any atom is -0.455 e. The molecule has 0 spiro atoms. The Morgan fingerprint density at radius 3 is 2.45 bits per heavy atom. The van der Waals surface area contributed by atoms with Crippen LogP contribution in [0.2, 0.25) is 0 Å². The second kappa shape index (κ2) is 9.72. The highest BCUT2D eigenvalue weighted by atomic mass is 19.4. The van der Waals surface area contributed by atoms with E-state index in [1.807, 2.05) is 0 Å². The van der Waals surface area contributed by atoms with E-state index in [9.17, 15) is 27.6 Å². The summed E-state index contributed by atoms with van der Waals surface area (Å²) in [4.78, 5) is 35.5. The molecule has 2 aromatic carbocycles. The third-order valence-electron chi connectivity index (χ3n) is 3.71. The van der Waals surface area contributed by atoms with Crippen LogP contribution in [0.1, 0.15) is 28.4 Å². The number of hydrogen-bond donors (Lipinski definition) is 2. The van der Waals surface area contributed by atoms with E-state index in [1.165, 1.54) is 18.2 Å². The van der Waals surface area contributed by atoms with E-state index in [1.54, 1.807) is 25.1 Å². The van der Waals surface area contributed by atoms with Crippen LogP contribution in [0.15, 0.2) is 48.5 Å². The van der Waals surface area contributed by atoms with Gasteiger partial charge in [0.15, 0.2) is 6.61 Å². The van der Waals surface area contributed by atoms with Gasteiger partial charge in [-0.05, 0) is 36.8 Å². The Labute approximate surface area is 165 Å². The summed E-state index contributed by atoms with van der Waals surface area (Å²) in [6, 6.07) is 10.5. The van der Waals surface area contributed by atoms with Gasteiger partial charge in [0.1, 0.15) is 0 Å². The minimum absolute atomic E-state index is 0.125. The Morgan fingerprint density at radius 1 is 1.03 bits per heavy atom. The second-order valence-electron chi connectivity index (χ2n) is 6.02. The van der Waals surface area contributed by atoms with Gasteiger partial charge in [-0.1, -0.05) is 24.3 Å². The van der Waals surface area contributed by atoms with E-state index in [2.05, 4.69) is 10.6 Å². The Morgan fingerprint density at radius 2 is 1.76 bits per heavy atom. The molecule has 0 bridgehead atoms. The Balaban J connectivity index is 1.87. The van der Waals surface area contributed by atoms with Crippen LogP contribution in [-0.4, -0.2) is 30.9 Å². The number of carbonyl (C=O) groups is 3. The van der Waals surface area contributed by atoms with Gasteiger partial charge >= 0.3 is 12.1 Å². The number of alkyl halides is 3. The van der Waals surface area contributed by atoms with Gasteiger partial charge in [-0.3, -0.25) is 14.4 Å². The topological polar surface area (TPSA) is 84.5 Å². The molecule has 0 heterocycles. The molecule has 0 radical (unpaired) electrons. The van der Waals surface area contributed by atoms with Crippen LogP contribution in [0, 0.1) is 0 Å². The number of esters is 1. The maximum Gasteiger partial charge on any atom is 0.416 e. The number of amides is 2. The van der Waals surface area contributed by atoms with Crippen molar-refractivity contribution in [2.45, 2.75) is 19.5 Å². The van der Waals surface area contributed by atoms with Gasteiger partial charge in [-0.15, -0.1) is 0 Å². The summed E-state index contributed by atoms with van der Waals surface area (Å²) >= 11 is 0. The summed E-state index contributed by atoms with van der Waals surface area (Å²) < 4.78 is 42.9. The molecule has 0 unspecified atom stereocenters. The van der Waals surface area contributed by atoms with E-state index < -0.39 is 36.6 Å². The van der Waals surface area contributed by atoms with Gasteiger partial charge in [-0.2, -0.15) is 13.2 Å². The molecule has 0 aliphatic rings. The van der Waals surface area contributed by atoms with Crippen LogP contribution in [0.5, 0.6) is 0 Å². The number of benzene rings is 2. The maximum absolute atomic E-state index is 12.7. The summed E-state index contributed by atoms with van der Waals surface area (Å²) in [5, 5.41) is 5.11. The number of hydrogen-bond acceptors (Lipinski definition) is 4. The van der Waals surface area contributed by atoms with Crippen molar-refractivity contribution in [1.29, 1.82) is 0 Å². The first kappa shape index (κ1) is 21.9. The maximum atomic E-state index is 12.7. The third kappa shape index (κ3) is 6.95. The summed E-state index contributed by atoms with van der Waals surface area (Å²) in [6.07, 6.45) is -4.91. The highest BCUT2D eigenvalue weighted by Crippen LogP contribution is 2.29. The molecule has 9 heteroatoms. The smallest absolute Gasteiger partial charge is 0.416 e. The number of carbonyl (C=O) groups excluding carboxylic acids is 3. The van der Waals surface area contributed by atoms with E-state index in [0.717, 1.165) is 12.1 Å². The lowest BCUT2D eigenvalue weighted by atomic mass is 10.1. The first-order valence-corrected chi connectivity index (χ1v) is 8.69. The van der Waals surface area contributed by atoms with Crippen molar-refractivity contribution < 1.29 is 32.3 Å². The molecule has 0 saturated carbocycles. The monoisotopic (exact) mass is 408 g/mol. The average Bonchev–Trinajstić information content (AvgIpc) is 2.66. The van der Waals surface area contributed by atoms with E-state index >= 15 is 0 Å². The van der Waals surface area contributed by atoms with Crippen LogP contribution in [0.4, 0.5) is 18.9 Å². The summed E-state index contributed by atoms with van der Waals surface area (Å²) in [6.45, 7) is 1.62. The Hall–Kier alpha value is -3.36. The lowest BCUT2D eigenvalue weighted by molar-refractivity contribution is -0.146. The summed E-state index contributed by atoms with van der Waals surface area (Å²) in [5.41, 5.74) is -0.0497. The van der Waals surface area contributed by atoms with Crippen molar-refractivity contribution in [1.82, 2.24) is 5.32 Å². The van der Waals surface area contributed by atoms with Crippen LogP contribution in [-0.2, 0) is 26.9 Å². The number of rotatable bonds is 7. The van der Waals surface area contributed by atoms with Crippen molar-refractivity contribution in [3.05, 3.63) is 65.2 Å². The van der Waals surface area contributed by atoms with E-state index in [-0.39, 0.29) is 11.5 Å². The highest BCUT2D eigenvalue weighted by Gasteiger charge is 2.30. The zero-order chi connectivity index (χ0) is 21.4. The molecule has 0 atom stereocenters. The van der Waals surface area contributed by atoms with Gasteiger partial charge in [0.2, 0.25) is 0 Å². The zero-order valence-corrected chi connectivity index (χ0v) is 15.5. The minimum atomic E-state index is -4.51. The second-order valence-corrected chi connectivity index (χ2v) is 6.02. The molecular weight excluding hydrogens is 389 g/mol. The molecule has 29 heavy (non-hydrogen) atoms. The van der Waals surface area contributed by atoms with Crippen molar-refractivity contribution >= 4 is 23.5 Å². The summed E-state index contributed by atoms with van der Waals surface area (Å²) in [7, 11) is 0. The van der Waals surface area contributed by atoms with Crippen LogP contribution in [0.25, 0.3) is 0 Å². The molecule has 2 aromatic rings. The van der Waals surface area contributed by atoms with Gasteiger partial charge < -0.3 is 15.4 Å². The lowest BCUT2D eigenvalue weighted by Gasteiger charge is -2.10. The summed E-state index contributed by atoms with van der Waals surface area (Å²) in [5.74, 6) is -1.78. The first-order chi connectivity index (χ1) is 13.7. The molecule has 0 aliphatic heterocycles. The van der Waals surface area contributed by atoms with Gasteiger partial charge in [0, 0.05) is 17.8 Å². The molecule has 0 saturated heterocycles. The fraction of sp³-hybridized carbons (Fsp3) is 0.250. The van der Waals surface area contributed by atoms with Crippen molar-refractivity contribution in [3.8, 4) is 0 Å². The number of ether oxygens (including phenoxy) is 1. The molecule has 0 fully saturated rings. The van der Waals surface area contributed by atoms with Crippen molar-refractivity contribution in [3.63, 3.8) is 0 Å². The Bertz CT molecular complexity index is 897. The molecule has 0 aliphatic carbocycles. The number of nitrogens with one attached hydrogen (secondary N) is 2. The van der Waals surface area contributed by atoms with Crippen LogP contribution < -0.4 is 10.6 Å². The average molecular weight is 408 g/mol. The first-order valence-electron chi connectivity index (χ1n) is 8.69. The van der Waals surface area contributed by atoms with E-state index in [0.29, 0.717) is 17.8 Å². The van der Waals surface area contributed by atoms with Crippen molar-refractivity contribution in [2.24, 2.45) is 0 Å². The van der Waals surface area contributed by atoms with Crippen molar-refractivity contribution in [2.75, 3.05) is 18.5 Å². The van der Waals surface area contributed by atoms with Crippen LogP contribution in [0.3, 0.4) is 0 Å². The molecule has 0 aromatic heterocycles. The standard InChI is InChI=1S/C20H19F3N2O4/c1-2-24-19(28)14-6-4-8-16(11-14)25-17(26)12-29-18(27)10-13-5-3-7-15(9-13)20(21,22)23/h3-9,11H,2,10,12H2,1H3,(H,24,28)(H,25,26). The third-order valence-corrected chi connectivity index (χ3v) is 3.71. The van der Waals surface area contributed by atoms with Crippen LogP contribution >= 0.6 is 0 Å². The quantitative estimate of drug-likeness (QED) is 0.690. The molecule has 154 valence electrons. The number of anilines is 1. The molecule has 6 nitrogen and oxygen atoms in total.